The van der Waals surface area contributed by atoms with Crippen LogP contribution in [0.5, 0.6) is 0 Å². The van der Waals surface area contributed by atoms with E-state index in [0.717, 1.165) is 16.8 Å². The Bertz CT molecular complexity index is 1470. The lowest BCUT2D eigenvalue weighted by Crippen LogP contribution is -2.36. The van der Waals surface area contributed by atoms with Gasteiger partial charge >= 0.3 is 0 Å². The zero-order valence-corrected chi connectivity index (χ0v) is 20.2. The molecule has 0 spiro atoms. The summed E-state index contributed by atoms with van der Waals surface area (Å²) in [5.74, 6) is 5.32. The Balaban J connectivity index is 1.40. The maximum Gasteiger partial charge on any atom is 0.268 e. The third-order valence-electron chi connectivity index (χ3n) is 6.09. The van der Waals surface area contributed by atoms with E-state index in [1.165, 1.54) is 40.4 Å². The normalized spacial score (nSPS) is 15.0. The summed E-state index contributed by atoms with van der Waals surface area (Å²) in [6.07, 6.45) is 6.00. The number of carbonyl (C=O) groups is 1. The molecule has 1 fully saturated rings. The van der Waals surface area contributed by atoms with Gasteiger partial charge in [-0.3, -0.25) is 4.79 Å². The van der Waals surface area contributed by atoms with Crippen LogP contribution in [0.1, 0.15) is 33.6 Å². The number of rotatable bonds is 6. The van der Waals surface area contributed by atoms with E-state index >= 15 is 0 Å². The van der Waals surface area contributed by atoms with Crippen LogP contribution in [0, 0.1) is 17.7 Å². The highest BCUT2D eigenvalue weighted by molar-refractivity contribution is 7.90. The molecule has 0 saturated carbocycles. The van der Waals surface area contributed by atoms with Crippen molar-refractivity contribution in [2.24, 2.45) is 0 Å². The SMILES string of the molecule is O=C(NCc1ccc(F)cc1)c1ccc(S(=O)(=O)n2cc(N3CCOCC3)c3c2C#CCC=C3)cc1. The molecule has 2 aromatic carbocycles. The lowest BCUT2D eigenvalue weighted by molar-refractivity contribution is 0.0950. The van der Waals surface area contributed by atoms with Crippen molar-refractivity contribution in [1.29, 1.82) is 0 Å². The topological polar surface area (TPSA) is 80.6 Å². The smallest absolute Gasteiger partial charge is 0.268 e. The minimum absolute atomic E-state index is 0.0546. The predicted molar refractivity (Wildman–Crippen MR) is 135 cm³/mol. The number of hydrogen-bond acceptors (Lipinski definition) is 5. The van der Waals surface area contributed by atoms with E-state index in [2.05, 4.69) is 22.1 Å². The van der Waals surface area contributed by atoms with Crippen LogP contribution in [0.2, 0.25) is 0 Å². The zero-order chi connectivity index (χ0) is 25.1. The first-order valence-electron chi connectivity index (χ1n) is 11.6. The average molecular weight is 506 g/mol. The quantitative estimate of drug-likeness (QED) is 0.520. The molecular weight excluding hydrogens is 481 g/mol. The van der Waals surface area contributed by atoms with E-state index in [1.807, 2.05) is 12.2 Å². The number of nitrogens with zero attached hydrogens (tertiary/aromatic N) is 2. The summed E-state index contributed by atoms with van der Waals surface area (Å²) >= 11 is 0. The maximum absolute atomic E-state index is 13.6. The van der Waals surface area contributed by atoms with Crippen LogP contribution >= 0.6 is 0 Å². The van der Waals surface area contributed by atoms with Gasteiger partial charge in [-0.2, -0.15) is 0 Å². The van der Waals surface area contributed by atoms with Gasteiger partial charge in [-0.25, -0.2) is 16.8 Å². The van der Waals surface area contributed by atoms with Crippen LogP contribution in [-0.2, 0) is 21.3 Å². The highest BCUT2D eigenvalue weighted by atomic mass is 32.2. The molecule has 1 aromatic heterocycles. The summed E-state index contributed by atoms with van der Waals surface area (Å²) in [6, 6.07) is 11.6. The fraction of sp³-hybridized carbons (Fsp3) is 0.222. The summed E-state index contributed by atoms with van der Waals surface area (Å²) < 4.78 is 47.0. The van der Waals surface area contributed by atoms with E-state index in [4.69, 9.17) is 4.74 Å². The first kappa shape index (κ1) is 23.9. The van der Waals surface area contributed by atoms with E-state index < -0.39 is 10.0 Å². The number of aromatic nitrogens is 1. The number of ether oxygens (including phenoxy) is 1. The van der Waals surface area contributed by atoms with Crippen molar-refractivity contribution in [3.63, 3.8) is 0 Å². The number of fused-ring (bicyclic) bond motifs is 1. The van der Waals surface area contributed by atoms with Crippen LogP contribution in [0.3, 0.4) is 0 Å². The second kappa shape index (κ2) is 10.0. The number of morpholine rings is 1. The molecule has 3 aromatic rings. The number of halogens is 1. The molecule has 1 amide bonds. The van der Waals surface area contributed by atoms with Crippen molar-refractivity contribution in [2.75, 3.05) is 31.2 Å². The Morgan fingerprint density at radius 1 is 1.06 bits per heavy atom. The summed E-state index contributed by atoms with van der Waals surface area (Å²) in [5.41, 5.74) is 3.08. The van der Waals surface area contributed by atoms with Crippen molar-refractivity contribution in [1.82, 2.24) is 9.29 Å². The molecule has 1 N–H and O–H groups in total. The second-order valence-corrected chi connectivity index (χ2v) is 10.2. The van der Waals surface area contributed by atoms with Crippen molar-refractivity contribution >= 4 is 27.7 Å². The molecule has 0 radical (unpaired) electrons. The summed E-state index contributed by atoms with van der Waals surface area (Å²) in [4.78, 5) is 14.7. The summed E-state index contributed by atoms with van der Waals surface area (Å²) in [5, 5.41) is 2.75. The van der Waals surface area contributed by atoms with Gasteiger partial charge in [-0.05, 0) is 47.9 Å². The van der Waals surface area contributed by atoms with Gasteiger partial charge in [0.15, 0.2) is 0 Å². The minimum atomic E-state index is -3.96. The van der Waals surface area contributed by atoms with Gasteiger partial charge < -0.3 is 15.0 Å². The Morgan fingerprint density at radius 3 is 2.50 bits per heavy atom. The Labute approximate surface area is 209 Å². The van der Waals surface area contributed by atoms with Crippen molar-refractivity contribution < 1.29 is 22.3 Å². The third kappa shape index (κ3) is 4.78. The van der Waals surface area contributed by atoms with E-state index in [1.54, 1.807) is 18.3 Å². The van der Waals surface area contributed by atoms with Crippen LogP contribution in [0.4, 0.5) is 10.1 Å². The highest BCUT2D eigenvalue weighted by Crippen LogP contribution is 2.32. The average Bonchev–Trinajstić information content (AvgIpc) is 3.11. The highest BCUT2D eigenvalue weighted by Gasteiger charge is 2.27. The van der Waals surface area contributed by atoms with Crippen LogP contribution in [0.25, 0.3) is 6.08 Å². The van der Waals surface area contributed by atoms with Gasteiger partial charge in [0, 0.05) is 43.4 Å². The zero-order valence-electron chi connectivity index (χ0n) is 19.4. The van der Waals surface area contributed by atoms with Crippen LogP contribution < -0.4 is 10.2 Å². The van der Waals surface area contributed by atoms with E-state index in [0.29, 0.717) is 44.0 Å². The lowest BCUT2D eigenvalue weighted by atomic mass is 10.2. The van der Waals surface area contributed by atoms with Gasteiger partial charge in [0.1, 0.15) is 11.5 Å². The molecule has 0 atom stereocenters. The Hall–Kier alpha value is -3.87. The minimum Gasteiger partial charge on any atom is -0.378 e. The maximum atomic E-state index is 13.6. The van der Waals surface area contributed by atoms with Crippen molar-refractivity contribution in [2.45, 2.75) is 17.9 Å². The summed E-state index contributed by atoms with van der Waals surface area (Å²) in [7, 11) is -3.96. The summed E-state index contributed by atoms with van der Waals surface area (Å²) in [6.45, 7) is 2.71. The van der Waals surface area contributed by atoms with Crippen molar-refractivity contribution in [3.8, 4) is 11.8 Å². The molecule has 1 saturated heterocycles. The van der Waals surface area contributed by atoms with Gasteiger partial charge in [0.25, 0.3) is 15.9 Å². The van der Waals surface area contributed by atoms with Crippen molar-refractivity contribution in [3.05, 3.63) is 89.0 Å². The third-order valence-corrected chi connectivity index (χ3v) is 7.77. The van der Waals surface area contributed by atoms with Gasteiger partial charge in [-0.1, -0.05) is 30.2 Å². The number of benzene rings is 2. The number of hydrogen-bond donors (Lipinski definition) is 1. The number of anilines is 1. The molecule has 0 unspecified atom stereocenters. The van der Waals surface area contributed by atoms with E-state index in [-0.39, 0.29) is 23.2 Å². The largest absolute Gasteiger partial charge is 0.378 e. The fourth-order valence-electron chi connectivity index (χ4n) is 4.17. The number of allylic oxidation sites excluding steroid dienone is 1. The molecule has 2 heterocycles. The molecule has 0 bridgehead atoms. The molecule has 9 heteroatoms. The molecule has 2 aliphatic rings. The predicted octanol–water partition coefficient (Wildman–Crippen LogP) is 3.40. The molecule has 1 aliphatic heterocycles. The monoisotopic (exact) mass is 505 g/mol. The standard InChI is InChI=1S/C27H24FN3O4S/c28-22-10-6-20(7-11-22)18-29-27(32)21-8-12-23(13-9-21)36(33,34)31-19-26(30-14-16-35-17-15-30)24-4-2-1-3-5-25(24)31/h2,4,6-13,19H,1,14-18H2,(H,29,32). The molecule has 184 valence electrons. The number of carbonyl (C=O) groups excluding carboxylic acids is 1. The second-order valence-electron chi connectivity index (χ2n) is 8.42. The first-order valence-corrected chi connectivity index (χ1v) is 13.0. The number of nitrogens with one attached hydrogen (secondary N) is 1. The molecule has 1 aliphatic carbocycles. The first-order chi connectivity index (χ1) is 17.4. The lowest BCUT2D eigenvalue weighted by Gasteiger charge is -2.28. The van der Waals surface area contributed by atoms with Gasteiger partial charge in [0.2, 0.25) is 0 Å². The molecule has 36 heavy (non-hydrogen) atoms. The van der Waals surface area contributed by atoms with Gasteiger partial charge in [-0.15, -0.1) is 0 Å². The molecule has 7 nitrogen and oxygen atoms in total. The Kier molecular flexibility index (Phi) is 6.63. The number of amides is 1. The Morgan fingerprint density at radius 2 is 1.78 bits per heavy atom. The molecular formula is C27H24FN3O4S. The van der Waals surface area contributed by atoms with Crippen LogP contribution in [0.15, 0.2) is 65.7 Å². The van der Waals surface area contributed by atoms with E-state index in [9.17, 15) is 17.6 Å². The van der Waals surface area contributed by atoms with Crippen LogP contribution in [-0.4, -0.2) is 44.6 Å². The van der Waals surface area contributed by atoms with Gasteiger partial charge in [0.05, 0.1) is 23.8 Å². The molecule has 5 rings (SSSR count). The fourth-order valence-corrected chi connectivity index (χ4v) is 5.50.